The number of nitrogens with zero attached hydrogens (tertiary/aromatic N) is 1. The standard InChI is InChI=1S/C14H17NO2/c1-14-8-7-13(16)15(14)12(10-17-14)9-11-5-3-2-4-6-11/h2-6,12H,7-10H2,1H3/t12-,14+/m0/s1. The maximum Gasteiger partial charge on any atom is 0.225 e. The number of carbonyl (C=O) groups is 1. The molecular formula is C14H17NO2. The first kappa shape index (κ1) is 10.8. The van der Waals surface area contributed by atoms with Gasteiger partial charge in [0, 0.05) is 12.8 Å². The third-order valence-electron chi connectivity index (χ3n) is 3.85. The van der Waals surface area contributed by atoms with E-state index in [0.717, 1.165) is 12.8 Å². The first-order valence-corrected chi connectivity index (χ1v) is 6.19. The van der Waals surface area contributed by atoms with Crippen LogP contribution in [-0.2, 0) is 16.0 Å². The van der Waals surface area contributed by atoms with Crippen LogP contribution in [0.3, 0.4) is 0 Å². The van der Waals surface area contributed by atoms with Crippen LogP contribution >= 0.6 is 0 Å². The van der Waals surface area contributed by atoms with Gasteiger partial charge in [0.25, 0.3) is 0 Å². The van der Waals surface area contributed by atoms with E-state index in [0.29, 0.717) is 13.0 Å². The Labute approximate surface area is 101 Å². The normalized spacial score (nSPS) is 31.9. The second-order valence-corrected chi connectivity index (χ2v) is 5.09. The molecule has 17 heavy (non-hydrogen) atoms. The lowest BCUT2D eigenvalue weighted by molar-refractivity contribution is -0.136. The third-order valence-corrected chi connectivity index (χ3v) is 3.85. The van der Waals surface area contributed by atoms with Gasteiger partial charge in [-0.3, -0.25) is 4.79 Å². The molecule has 0 saturated carbocycles. The van der Waals surface area contributed by atoms with Crippen molar-refractivity contribution in [3.63, 3.8) is 0 Å². The molecule has 0 unspecified atom stereocenters. The number of amides is 1. The van der Waals surface area contributed by atoms with Crippen molar-refractivity contribution in [2.45, 2.75) is 38.0 Å². The van der Waals surface area contributed by atoms with E-state index in [1.54, 1.807) is 0 Å². The van der Waals surface area contributed by atoms with Crippen LogP contribution in [0.2, 0.25) is 0 Å². The zero-order valence-corrected chi connectivity index (χ0v) is 10.1. The predicted molar refractivity (Wildman–Crippen MR) is 64.4 cm³/mol. The van der Waals surface area contributed by atoms with Crippen LogP contribution in [0.25, 0.3) is 0 Å². The molecule has 0 spiro atoms. The van der Waals surface area contributed by atoms with Gasteiger partial charge in [0.15, 0.2) is 0 Å². The van der Waals surface area contributed by atoms with Crippen LogP contribution in [0.1, 0.15) is 25.3 Å². The summed E-state index contributed by atoms with van der Waals surface area (Å²) in [5.41, 5.74) is 0.932. The number of hydrogen-bond donors (Lipinski definition) is 0. The fourth-order valence-corrected chi connectivity index (χ4v) is 2.96. The molecule has 3 nitrogen and oxygen atoms in total. The Morgan fingerprint density at radius 2 is 2.18 bits per heavy atom. The topological polar surface area (TPSA) is 29.5 Å². The Kier molecular flexibility index (Phi) is 2.44. The minimum atomic E-state index is -0.337. The summed E-state index contributed by atoms with van der Waals surface area (Å²) in [5.74, 6) is 0.242. The predicted octanol–water partition coefficient (Wildman–Crippen LogP) is 1.97. The zero-order valence-electron chi connectivity index (χ0n) is 10.1. The minimum Gasteiger partial charge on any atom is -0.354 e. The lowest BCUT2D eigenvalue weighted by Gasteiger charge is -2.29. The van der Waals surface area contributed by atoms with E-state index in [1.165, 1.54) is 5.56 Å². The molecular weight excluding hydrogens is 214 g/mol. The number of fused-ring (bicyclic) bond motifs is 1. The van der Waals surface area contributed by atoms with Gasteiger partial charge >= 0.3 is 0 Å². The van der Waals surface area contributed by atoms with E-state index in [-0.39, 0.29) is 17.7 Å². The summed E-state index contributed by atoms with van der Waals surface area (Å²) in [4.78, 5) is 13.9. The number of ether oxygens (including phenoxy) is 1. The minimum absolute atomic E-state index is 0.206. The van der Waals surface area contributed by atoms with E-state index in [2.05, 4.69) is 12.1 Å². The van der Waals surface area contributed by atoms with Crippen molar-refractivity contribution >= 4 is 5.91 Å². The monoisotopic (exact) mass is 231 g/mol. The van der Waals surface area contributed by atoms with Gasteiger partial charge in [0.1, 0.15) is 5.72 Å². The molecule has 2 atom stereocenters. The molecule has 0 aliphatic carbocycles. The zero-order chi connectivity index (χ0) is 11.9. The maximum absolute atomic E-state index is 11.9. The Balaban J connectivity index is 1.79. The summed E-state index contributed by atoms with van der Waals surface area (Å²) in [6, 6.07) is 10.5. The molecule has 3 heteroatoms. The molecule has 2 aliphatic rings. The van der Waals surface area contributed by atoms with E-state index in [9.17, 15) is 4.79 Å². The second-order valence-electron chi connectivity index (χ2n) is 5.09. The highest BCUT2D eigenvalue weighted by Gasteiger charge is 2.50. The number of carbonyl (C=O) groups excluding carboxylic acids is 1. The number of rotatable bonds is 2. The Bertz CT molecular complexity index is 431. The van der Waals surface area contributed by atoms with Crippen molar-refractivity contribution in [1.29, 1.82) is 0 Å². The molecule has 3 rings (SSSR count). The molecule has 1 amide bonds. The highest BCUT2D eigenvalue weighted by Crippen LogP contribution is 2.38. The highest BCUT2D eigenvalue weighted by atomic mass is 16.5. The number of benzene rings is 1. The lowest BCUT2D eigenvalue weighted by Crippen LogP contribution is -2.44. The molecule has 0 radical (unpaired) electrons. The van der Waals surface area contributed by atoms with Gasteiger partial charge in [0.2, 0.25) is 5.91 Å². The van der Waals surface area contributed by atoms with E-state index >= 15 is 0 Å². The van der Waals surface area contributed by atoms with Crippen molar-refractivity contribution in [3.05, 3.63) is 35.9 Å². The van der Waals surface area contributed by atoms with Gasteiger partial charge in [-0.15, -0.1) is 0 Å². The van der Waals surface area contributed by atoms with E-state index < -0.39 is 0 Å². The van der Waals surface area contributed by atoms with Crippen LogP contribution in [0.15, 0.2) is 30.3 Å². The van der Waals surface area contributed by atoms with Crippen LogP contribution in [0.4, 0.5) is 0 Å². The maximum atomic E-state index is 11.9. The molecule has 1 aromatic rings. The molecule has 90 valence electrons. The molecule has 2 fully saturated rings. The van der Waals surface area contributed by atoms with Crippen LogP contribution in [0, 0.1) is 0 Å². The first-order valence-electron chi connectivity index (χ1n) is 6.19. The molecule has 2 heterocycles. The van der Waals surface area contributed by atoms with Gasteiger partial charge in [0.05, 0.1) is 12.6 Å². The average molecular weight is 231 g/mol. The first-order chi connectivity index (χ1) is 8.19. The molecule has 2 aliphatic heterocycles. The highest BCUT2D eigenvalue weighted by molar-refractivity contribution is 5.80. The van der Waals surface area contributed by atoms with Crippen molar-refractivity contribution in [2.75, 3.05) is 6.61 Å². The molecule has 1 aromatic carbocycles. The summed E-state index contributed by atoms with van der Waals surface area (Å²) < 4.78 is 5.82. The van der Waals surface area contributed by atoms with Crippen molar-refractivity contribution < 1.29 is 9.53 Å². The largest absolute Gasteiger partial charge is 0.354 e. The van der Waals surface area contributed by atoms with Crippen molar-refractivity contribution in [3.8, 4) is 0 Å². The lowest BCUT2D eigenvalue weighted by atomic mass is 10.1. The summed E-state index contributed by atoms with van der Waals surface area (Å²) in [6.45, 7) is 2.69. The average Bonchev–Trinajstić information content (AvgIpc) is 2.80. The van der Waals surface area contributed by atoms with Gasteiger partial charge in [-0.2, -0.15) is 0 Å². The van der Waals surface area contributed by atoms with Crippen LogP contribution < -0.4 is 0 Å². The Morgan fingerprint density at radius 1 is 1.41 bits per heavy atom. The fraction of sp³-hybridized carbons (Fsp3) is 0.500. The summed E-state index contributed by atoms with van der Waals surface area (Å²) in [7, 11) is 0. The van der Waals surface area contributed by atoms with Gasteiger partial charge in [-0.25, -0.2) is 0 Å². The molecule has 0 bridgehead atoms. The van der Waals surface area contributed by atoms with E-state index in [4.69, 9.17) is 4.74 Å². The Hall–Kier alpha value is -1.35. The summed E-state index contributed by atoms with van der Waals surface area (Å²) in [5, 5.41) is 0. The van der Waals surface area contributed by atoms with E-state index in [1.807, 2.05) is 30.0 Å². The second kappa shape index (κ2) is 3.84. The SMILES string of the molecule is C[C@@]12CCC(=O)N1[C@@H](Cc1ccccc1)CO2. The van der Waals surface area contributed by atoms with Crippen molar-refractivity contribution in [1.82, 2.24) is 4.90 Å². The third kappa shape index (κ3) is 1.75. The van der Waals surface area contributed by atoms with Gasteiger partial charge in [-0.1, -0.05) is 30.3 Å². The van der Waals surface area contributed by atoms with Gasteiger partial charge in [-0.05, 0) is 18.9 Å². The van der Waals surface area contributed by atoms with Crippen LogP contribution in [-0.4, -0.2) is 29.2 Å². The van der Waals surface area contributed by atoms with Crippen LogP contribution in [0.5, 0.6) is 0 Å². The fourth-order valence-electron chi connectivity index (χ4n) is 2.96. The molecule has 0 aromatic heterocycles. The summed E-state index contributed by atoms with van der Waals surface area (Å²) >= 11 is 0. The smallest absolute Gasteiger partial charge is 0.225 e. The molecule has 0 N–H and O–H groups in total. The van der Waals surface area contributed by atoms with Gasteiger partial charge < -0.3 is 9.64 Å². The van der Waals surface area contributed by atoms with Crippen molar-refractivity contribution in [2.24, 2.45) is 0 Å². The quantitative estimate of drug-likeness (QED) is 0.778. The molecule has 2 saturated heterocycles. The number of hydrogen-bond acceptors (Lipinski definition) is 2. The Morgan fingerprint density at radius 3 is 2.94 bits per heavy atom. The summed E-state index contributed by atoms with van der Waals surface area (Å²) in [6.07, 6.45) is 2.35.